The van der Waals surface area contributed by atoms with Crippen LogP contribution in [0, 0.1) is 11.8 Å². The molecule has 1 unspecified atom stereocenters. The summed E-state index contributed by atoms with van der Waals surface area (Å²) in [6.07, 6.45) is 1.95. The minimum absolute atomic E-state index is 0.00612. The molecule has 7 nitrogen and oxygen atoms in total. The quantitative estimate of drug-likeness (QED) is 0.384. The second-order valence-electron chi connectivity index (χ2n) is 5.16. The molecule has 2 atom stereocenters. The van der Waals surface area contributed by atoms with Crippen molar-refractivity contribution in [2.24, 2.45) is 0 Å². The lowest BCUT2D eigenvalue weighted by molar-refractivity contribution is -0.152. The van der Waals surface area contributed by atoms with Gasteiger partial charge in [-0.05, 0) is 26.7 Å². The summed E-state index contributed by atoms with van der Waals surface area (Å²) < 4.78 is 15.8. The summed E-state index contributed by atoms with van der Waals surface area (Å²) >= 11 is 0. The van der Waals surface area contributed by atoms with E-state index in [9.17, 15) is 9.59 Å². The molecule has 1 amide bonds. The van der Waals surface area contributed by atoms with Crippen LogP contribution in [0.25, 0.3) is 0 Å². The number of ether oxygens (including phenoxy) is 3. The van der Waals surface area contributed by atoms with E-state index in [4.69, 9.17) is 19.3 Å². The van der Waals surface area contributed by atoms with Crippen molar-refractivity contribution in [1.29, 1.82) is 0 Å². The fourth-order valence-electron chi connectivity index (χ4n) is 2.29. The van der Waals surface area contributed by atoms with Crippen LogP contribution in [0.2, 0.25) is 0 Å². The van der Waals surface area contributed by atoms with Crippen molar-refractivity contribution in [3.8, 4) is 11.8 Å². The predicted octanol–water partition coefficient (Wildman–Crippen LogP) is 0.871. The molecular formula is C16H25NO6. The van der Waals surface area contributed by atoms with E-state index in [1.165, 1.54) is 0 Å². The van der Waals surface area contributed by atoms with Gasteiger partial charge in [0.2, 0.25) is 5.91 Å². The Hall–Kier alpha value is -1.62. The van der Waals surface area contributed by atoms with E-state index in [-0.39, 0.29) is 31.5 Å². The fraction of sp³-hybridized carbons (Fsp3) is 0.750. The molecule has 0 aromatic carbocycles. The summed E-state index contributed by atoms with van der Waals surface area (Å²) in [5.74, 6) is 4.61. The van der Waals surface area contributed by atoms with Crippen molar-refractivity contribution < 1.29 is 28.9 Å². The topological polar surface area (TPSA) is 85.3 Å². The lowest BCUT2D eigenvalue weighted by Crippen LogP contribution is -2.46. The summed E-state index contributed by atoms with van der Waals surface area (Å²) in [4.78, 5) is 24.0. The number of piperidine rings is 1. The number of carbonyl (C=O) groups is 2. The maximum Gasteiger partial charge on any atom is 0.329 e. The average molecular weight is 327 g/mol. The Bertz CT molecular complexity index is 442. The maximum absolute atomic E-state index is 12.0. The highest BCUT2D eigenvalue weighted by molar-refractivity contribution is 5.77. The minimum atomic E-state index is -1.03. The molecule has 0 spiro atoms. The number of nitrogens with zero attached hydrogens (tertiary/aromatic N) is 1. The van der Waals surface area contributed by atoms with Gasteiger partial charge in [0.1, 0.15) is 13.2 Å². The molecule has 1 rings (SSSR count). The number of carboxylic acid groups (broad SMARTS) is 1. The Kier molecular flexibility index (Phi) is 9.29. The smallest absolute Gasteiger partial charge is 0.329 e. The van der Waals surface area contributed by atoms with E-state index in [0.29, 0.717) is 26.2 Å². The number of hydrogen-bond donors (Lipinski definition) is 1. The fourth-order valence-corrected chi connectivity index (χ4v) is 2.29. The molecule has 0 bridgehead atoms. The van der Waals surface area contributed by atoms with Crippen LogP contribution < -0.4 is 0 Å². The van der Waals surface area contributed by atoms with Crippen molar-refractivity contribution in [2.75, 3.05) is 33.0 Å². The number of carbonyl (C=O) groups excluding carboxylic acids is 1. The maximum atomic E-state index is 12.0. The standard InChI is InChI=1S/C16H25NO6/c1-3-22-13(2)23-11-14-7-6-8-15(18)17(14)9-4-5-10-21-12-16(19)20/h13-14H,3,6-12H2,1-2H3,(H,19,20)/t13?,14-/m1/s1. The zero-order chi connectivity index (χ0) is 17.1. The normalized spacial score (nSPS) is 19.1. The van der Waals surface area contributed by atoms with Crippen molar-refractivity contribution >= 4 is 11.9 Å². The van der Waals surface area contributed by atoms with E-state index in [0.717, 1.165) is 12.8 Å². The summed E-state index contributed by atoms with van der Waals surface area (Å²) in [5, 5.41) is 8.44. The van der Waals surface area contributed by atoms with Gasteiger partial charge in [0.05, 0.1) is 19.2 Å². The molecule has 1 aliphatic rings. The molecule has 0 aromatic rings. The first-order valence-electron chi connectivity index (χ1n) is 7.82. The van der Waals surface area contributed by atoms with Gasteiger partial charge in [-0.15, -0.1) is 0 Å². The van der Waals surface area contributed by atoms with E-state index in [1.807, 2.05) is 13.8 Å². The summed E-state index contributed by atoms with van der Waals surface area (Å²) in [5.41, 5.74) is 0. The van der Waals surface area contributed by atoms with Crippen molar-refractivity contribution in [2.45, 2.75) is 45.4 Å². The largest absolute Gasteiger partial charge is 0.480 e. The summed E-state index contributed by atoms with van der Waals surface area (Å²) in [6, 6.07) is -0.00612. The monoisotopic (exact) mass is 327 g/mol. The Morgan fingerprint density at radius 3 is 2.91 bits per heavy atom. The predicted molar refractivity (Wildman–Crippen MR) is 82.6 cm³/mol. The highest BCUT2D eigenvalue weighted by Gasteiger charge is 2.27. The first-order valence-corrected chi connectivity index (χ1v) is 7.82. The van der Waals surface area contributed by atoms with Crippen molar-refractivity contribution in [3.63, 3.8) is 0 Å². The molecular weight excluding hydrogens is 302 g/mol. The van der Waals surface area contributed by atoms with Gasteiger partial charge in [0, 0.05) is 13.0 Å². The zero-order valence-corrected chi connectivity index (χ0v) is 13.7. The molecule has 0 aliphatic carbocycles. The lowest BCUT2D eigenvalue weighted by Gasteiger charge is -2.34. The average Bonchev–Trinajstić information content (AvgIpc) is 2.50. The Morgan fingerprint density at radius 2 is 2.22 bits per heavy atom. The van der Waals surface area contributed by atoms with Crippen LogP contribution in [0.5, 0.6) is 0 Å². The SMILES string of the molecule is CCOC(C)OC[C@H]1CCCC(=O)N1CC#CCOCC(=O)O. The summed E-state index contributed by atoms with van der Waals surface area (Å²) in [7, 11) is 0. The van der Waals surface area contributed by atoms with E-state index in [1.54, 1.807) is 4.90 Å². The Balaban J connectivity index is 2.42. The highest BCUT2D eigenvalue weighted by Crippen LogP contribution is 2.18. The molecule has 1 saturated heterocycles. The van der Waals surface area contributed by atoms with Crippen LogP contribution in [-0.4, -0.2) is 67.2 Å². The van der Waals surface area contributed by atoms with Gasteiger partial charge in [0.15, 0.2) is 6.29 Å². The number of amides is 1. The molecule has 0 radical (unpaired) electrons. The Labute approximate surface area is 136 Å². The first kappa shape index (κ1) is 19.4. The van der Waals surface area contributed by atoms with Crippen LogP contribution in [-0.2, 0) is 23.8 Å². The van der Waals surface area contributed by atoms with Gasteiger partial charge in [-0.1, -0.05) is 11.8 Å². The molecule has 23 heavy (non-hydrogen) atoms. The van der Waals surface area contributed by atoms with E-state index >= 15 is 0 Å². The van der Waals surface area contributed by atoms with Crippen molar-refractivity contribution in [1.82, 2.24) is 4.90 Å². The van der Waals surface area contributed by atoms with Gasteiger partial charge in [-0.2, -0.15) is 0 Å². The van der Waals surface area contributed by atoms with Gasteiger partial charge in [-0.25, -0.2) is 4.79 Å². The molecule has 1 heterocycles. The van der Waals surface area contributed by atoms with Crippen LogP contribution in [0.15, 0.2) is 0 Å². The number of likely N-dealkylation sites (tertiary alicyclic amines) is 1. The second-order valence-corrected chi connectivity index (χ2v) is 5.16. The molecule has 1 aliphatic heterocycles. The number of carboxylic acids is 1. The lowest BCUT2D eigenvalue weighted by atomic mass is 10.0. The highest BCUT2D eigenvalue weighted by atomic mass is 16.7. The van der Waals surface area contributed by atoms with Gasteiger partial charge < -0.3 is 24.2 Å². The van der Waals surface area contributed by atoms with Crippen LogP contribution in [0.3, 0.4) is 0 Å². The third kappa shape index (κ3) is 7.98. The third-order valence-corrected chi connectivity index (χ3v) is 3.39. The van der Waals surface area contributed by atoms with E-state index in [2.05, 4.69) is 11.8 Å². The van der Waals surface area contributed by atoms with Gasteiger partial charge in [0.25, 0.3) is 0 Å². The van der Waals surface area contributed by atoms with Gasteiger partial charge >= 0.3 is 5.97 Å². The first-order chi connectivity index (χ1) is 11.0. The Morgan fingerprint density at radius 1 is 1.43 bits per heavy atom. The van der Waals surface area contributed by atoms with Crippen LogP contribution >= 0.6 is 0 Å². The molecule has 130 valence electrons. The van der Waals surface area contributed by atoms with Crippen LogP contribution in [0.1, 0.15) is 33.1 Å². The summed E-state index contributed by atoms with van der Waals surface area (Å²) in [6.45, 7) is 4.70. The molecule has 1 fully saturated rings. The molecule has 0 aromatic heterocycles. The van der Waals surface area contributed by atoms with Crippen molar-refractivity contribution in [3.05, 3.63) is 0 Å². The number of aliphatic carboxylic acids is 1. The zero-order valence-electron chi connectivity index (χ0n) is 13.7. The number of rotatable bonds is 9. The molecule has 0 saturated carbocycles. The second kappa shape index (κ2) is 11.0. The minimum Gasteiger partial charge on any atom is -0.480 e. The van der Waals surface area contributed by atoms with Crippen LogP contribution in [0.4, 0.5) is 0 Å². The van der Waals surface area contributed by atoms with Gasteiger partial charge in [-0.3, -0.25) is 4.79 Å². The number of hydrogen-bond acceptors (Lipinski definition) is 5. The molecule has 7 heteroatoms. The molecule has 1 N–H and O–H groups in total. The third-order valence-electron chi connectivity index (χ3n) is 3.39. The van der Waals surface area contributed by atoms with E-state index < -0.39 is 5.97 Å².